The second-order valence-electron chi connectivity index (χ2n) is 13.8. The van der Waals surface area contributed by atoms with Crippen LogP contribution >= 0.6 is 0 Å². The lowest BCUT2D eigenvalue weighted by Gasteiger charge is -2.27. The number of benzene rings is 8. The van der Waals surface area contributed by atoms with Gasteiger partial charge in [0.25, 0.3) is 0 Å². The van der Waals surface area contributed by atoms with Crippen molar-refractivity contribution in [3.63, 3.8) is 0 Å². The summed E-state index contributed by atoms with van der Waals surface area (Å²) in [6.07, 6.45) is 5.64. The molecular formula is C51H36N2O2. The SMILES string of the molecule is C=C/C=C\c1oc2ccc(N(c3cc4ccccc4c4ccccc34)c3cccc4c3oc3ccc(N(c5ccccc5)c5ccccc5)cc34)cc2c1C. The molecule has 2 aromatic heterocycles. The molecule has 0 unspecified atom stereocenters. The highest BCUT2D eigenvalue weighted by Crippen LogP contribution is 2.47. The van der Waals surface area contributed by atoms with Crippen LogP contribution < -0.4 is 9.80 Å². The summed E-state index contributed by atoms with van der Waals surface area (Å²) in [5.41, 5.74) is 9.81. The van der Waals surface area contributed by atoms with E-state index in [1.54, 1.807) is 6.08 Å². The number of furan rings is 2. The zero-order valence-electron chi connectivity index (χ0n) is 30.3. The third kappa shape index (κ3) is 5.46. The summed E-state index contributed by atoms with van der Waals surface area (Å²) in [6, 6.07) is 60.0. The Morgan fingerprint density at radius 2 is 1.05 bits per heavy atom. The largest absolute Gasteiger partial charge is 0.456 e. The van der Waals surface area contributed by atoms with Crippen LogP contribution in [0.15, 0.2) is 197 Å². The van der Waals surface area contributed by atoms with E-state index in [2.05, 4.69) is 193 Å². The van der Waals surface area contributed by atoms with Gasteiger partial charge < -0.3 is 18.6 Å². The Morgan fingerprint density at radius 1 is 0.455 bits per heavy atom. The minimum atomic E-state index is 0.816. The topological polar surface area (TPSA) is 32.8 Å². The summed E-state index contributed by atoms with van der Waals surface area (Å²) in [6.45, 7) is 5.96. The van der Waals surface area contributed by atoms with E-state index < -0.39 is 0 Å². The molecule has 0 spiro atoms. The number of rotatable bonds is 8. The molecule has 0 aliphatic rings. The number of hydrogen-bond acceptors (Lipinski definition) is 4. The zero-order chi connectivity index (χ0) is 36.9. The molecule has 0 radical (unpaired) electrons. The van der Waals surface area contributed by atoms with Crippen LogP contribution in [0.3, 0.4) is 0 Å². The number of anilines is 6. The van der Waals surface area contributed by atoms with E-state index in [0.717, 1.165) is 83.7 Å². The second kappa shape index (κ2) is 13.3. The Hall–Kier alpha value is -7.30. The standard InChI is InChI=1S/C51H36N2O2/c1-3-4-26-48-34(2)44-32-39(28-29-49(44)54-48)53(47-31-35-16-11-12-21-40(35)41-22-13-14-23-42(41)47)46-25-15-24-43-45-33-38(27-30-50(45)55-51(43)46)52(36-17-7-5-8-18-36)37-19-9-6-10-20-37/h3-33H,1H2,2H3/b26-4-. The Labute approximate surface area is 319 Å². The number of hydrogen-bond donors (Lipinski definition) is 0. The highest BCUT2D eigenvalue weighted by atomic mass is 16.3. The van der Waals surface area contributed by atoms with Gasteiger partial charge in [-0.15, -0.1) is 0 Å². The molecule has 0 atom stereocenters. The Balaban J connectivity index is 1.23. The predicted molar refractivity (Wildman–Crippen MR) is 232 cm³/mol. The van der Waals surface area contributed by atoms with E-state index in [4.69, 9.17) is 8.83 Å². The van der Waals surface area contributed by atoms with Gasteiger partial charge >= 0.3 is 0 Å². The van der Waals surface area contributed by atoms with Crippen molar-refractivity contribution in [3.8, 4) is 0 Å². The molecule has 4 nitrogen and oxygen atoms in total. The third-order valence-corrected chi connectivity index (χ3v) is 10.6. The maximum absolute atomic E-state index is 6.92. The fourth-order valence-corrected chi connectivity index (χ4v) is 8.00. The molecule has 55 heavy (non-hydrogen) atoms. The molecular weight excluding hydrogens is 673 g/mol. The lowest BCUT2D eigenvalue weighted by atomic mass is 9.98. The molecule has 8 aromatic carbocycles. The quantitative estimate of drug-likeness (QED) is 0.116. The van der Waals surface area contributed by atoms with Crippen LogP contribution in [0.1, 0.15) is 11.3 Å². The first kappa shape index (κ1) is 32.4. The molecule has 0 bridgehead atoms. The van der Waals surface area contributed by atoms with Gasteiger partial charge in [-0.25, -0.2) is 0 Å². The first-order chi connectivity index (χ1) is 27.2. The molecule has 0 aliphatic carbocycles. The first-order valence-electron chi connectivity index (χ1n) is 18.5. The first-order valence-corrected chi connectivity index (χ1v) is 18.5. The lowest BCUT2D eigenvalue weighted by molar-refractivity contribution is 0.601. The van der Waals surface area contributed by atoms with Crippen molar-refractivity contribution in [2.45, 2.75) is 6.92 Å². The van der Waals surface area contributed by atoms with Gasteiger partial charge in [0.1, 0.15) is 16.9 Å². The minimum absolute atomic E-state index is 0.816. The van der Waals surface area contributed by atoms with E-state index >= 15 is 0 Å². The van der Waals surface area contributed by atoms with Crippen LogP contribution in [-0.4, -0.2) is 0 Å². The van der Waals surface area contributed by atoms with E-state index in [1.807, 2.05) is 12.2 Å². The van der Waals surface area contributed by atoms with Crippen LogP contribution in [0.5, 0.6) is 0 Å². The number of para-hydroxylation sites is 3. The summed E-state index contributed by atoms with van der Waals surface area (Å²) >= 11 is 0. The molecule has 0 aliphatic heterocycles. The molecule has 0 fully saturated rings. The van der Waals surface area contributed by atoms with Crippen molar-refractivity contribution in [2.24, 2.45) is 0 Å². The van der Waals surface area contributed by atoms with Crippen molar-refractivity contribution in [3.05, 3.63) is 200 Å². The fraction of sp³-hybridized carbons (Fsp3) is 0.0196. The normalized spacial score (nSPS) is 11.7. The van der Waals surface area contributed by atoms with Gasteiger partial charge in [-0.1, -0.05) is 116 Å². The fourth-order valence-electron chi connectivity index (χ4n) is 8.00. The monoisotopic (exact) mass is 708 g/mol. The van der Waals surface area contributed by atoms with Gasteiger partial charge in [-0.3, -0.25) is 0 Å². The van der Waals surface area contributed by atoms with E-state index in [9.17, 15) is 0 Å². The van der Waals surface area contributed by atoms with Crippen LogP contribution in [-0.2, 0) is 0 Å². The van der Waals surface area contributed by atoms with E-state index in [1.165, 1.54) is 16.2 Å². The average Bonchev–Trinajstić information content (AvgIpc) is 3.77. The number of aryl methyl sites for hydroxylation is 1. The van der Waals surface area contributed by atoms with Crippen molar-refractivity contribution >= 4 is 94.7 Å². The Morgan fingerprint density at radius 3 is 1.78 bits per heavy atom. The van der Waals surface area contributed by atoms with Gasteiger partial charge in [0.15, 0.2) is 5.58 Å². The van der Waals surface area contributed by atoms with Gasteiger partial charge in [-0.2, -0.15) is 0 Å². The molecule has 262 valence electrons. The van der Waals surface area contributed by atoms with Crippen molar-refractivity contribution < 1.29 is 8.83 Å². The number of nitrogens with zero attached hydrogens (tertiary/aromatic N) is 2. The van der Waals surface area contributed by atoms with E-state index in [-0.39, 0.29) is 0 Å². The minimum Gasteiger partial charge on any atom is -0.456 e. The Kier molecular flexibility index (Phi) is 7.81. The third-order valence-electron chi connectivity index (χ3n) is 10.6. The maximum atomic E-state index is 6.92. The second-order valence-corrected chi connectivity index (χ2v) is 13.8. The summed E-state index contributed by atoms with van der Waals surface area (Å²) in [5.74, 6) is 0.824. The zero-order valence-corrected chi connectivity index (χ0v) is 30.3. The van der Waals surface area contributed by atoms with Crippen molar-refractivity contribution in [1.29, 1.82) is 0 Å². The van der Waals surface area contributed by atoms with Gasteiger partial charge in [0, 0.05) is 49.9 Å². The summed E-state index contributed by atoms with van der Waals surface area (Å²) in [4.78, 5) is 4.64. The molecule has 0 saturated heterocycles. The Bertz CT molecular complexity index is 3040. The molecule has 2 heterocycles. The summed E-state index contributed by atoms with van der Waals surface area (Å²) in [7, 11) is 0. The molecule has 10 aromatic rings. The van der Waals surface area contributed by atoms with Crippen LogP contribution in [0, 0.1) is 6.92 Å². The average molecular weight is 709 g/mol. The van der Waals surface area contributed by atoms with Crippen LogP contribution in [0.4, 0.5) is 34.1 Å². The highest BCUT2D eigenvalue weighted by Gasteiger charge is 2.24. The lowest BCUT2D eigenvalue weighted by Crippen LogP contribution is -2.11. The van der Waals surface area contributed by atoms with Gasteiger partial charge in [0.2, 0.25) is 0 Å². The van der Waals surface area contributed by atoms with Crippen LogP contribution in [0.25, 0.3) is 60.5 Å². The molecule has 10 rings (SSSR count). The van der Waals surface area contributed by atoms with Crippen LogP contribution in [0.2, 0.25) is 0 Å². The van der Waals surface area contributed by atoms with E-state index in [0.29, 0.717) is 0 Å². The van der Waals surface area contributed by atoms with Gasteiger partial charge in [-0.05, 0) is 102 Å². The molecule has 0 amide bonds. The number of allylic oxidation sites excluding steroid dienone is 2. The van der Waals surface area contributed by atoms with Crippen molar-refractivity contribution in [1.82, 2.24) is 0 Å². The highest BCUT2D eigenvalue weighted by molar-refractivity contribution is 6.17. The summed E-state index contributed by atoms with van der Waals surface area (Å²) in [5, 5.41) is 7.88. The molecule has 0 N–H and O–H groups in total. The molecule has 0 saturated carbocycles. The van der Waals surface area contributed by atoms with Crippen molar-refractivity contribution in [2.75, 3.05) is 9.80 Å². The van der Waals surface area contributed by atoms with Gasteiger partial charge in [0.05, 0.1) is 11.4 Å². The molecule has 4 heteroatoms. The maximum Gasteiger partial charge on any atom is 0.159 e. The summed E-state index contributed by atoms with van der Waals surface area (Å²) < 4.78 is 13.2. The number of fused-ring (bicyclic) bond motifs is 7. The smallest absolute Gasteiger partial charge is 0.159 e. The predicted octanol–water partition coefficient (Wildman–Crippen LogP) is 15.1.